The number of anilines is 2. The van der Waals surface area contributed by atoms with Crippen LogP contribution in [0.3, 0.4) is 0 Å². The average molecular weight is 312 g/mol. The van der Waals surface area contributed by atoms with E-state index in [4.69, 9.17) is 4.74 Å². The minimum absolute atomic E-state index is 0.0982. The Hall–Kier alpha value is -2.82. The molecule has 23 heavy (non-hydrogen) atoms. The van der Waals surface area contributed by atoms with Gasteiger partial charge < -0.3 is 15.4 Å². The summed E-state index contributed by atoms with van der Waals surface area (Å²) in [4.78, 5) is 22.9. The highest BCUT2D eigenvalue weighted by Crippen LogP contribution is 2.17. The summed E-state index contributed by atoms with van der Waals surface area (Å²) in [5, 5.41) is 5.44. The number of hydrogen-bond acceptors (Lipinski definition) is 3. The lowest BCUT2D eigenvalue weighted by Gasteiger charge is -2.09. The molecule has 0 fully saturated rings. The van der Waals surface area contributed by atoms with E-state index in [9.17, 15) is 9.59 Å². The summed E-state index contributed by atoms with van der Waals surface area (Å²) in [6, 6.07) is 14.6. The molecule has 0 aliphatic carbocycles. The van der Waals surface area contributed by atoms with E-state index in [0.29, 0.717) is 11.4 Å². The molecular formula is C18H20N2O3. The van der Waals surface area contributed by atoms with Crippen molar-refractivity contribution < 1.29 is 14.3 Å². The highest BCUT2D eigenvalue weighted by atomic mass is 16.5. The first-order valence-electron chi connectivity index (χ1n) is 7.46. The number of carbonyl (C=O) groups excluding carboxylic acids is 2. The fraction of sp³-hybridized carbons (Fsp3) is 0.222. The minimum Gasteiger partial charge on any atom is -0.484 e. The van der Waals surface area contributed by atoms with E-state index in [2.05, 4.69) is 17.6 Å². The molecule has 5 nitrogen and oxygen atoms in total. The monoisotopic (exact) mass is 312 g/mol. The van der Waals surface area contributed by atoms with Crippen LogP contribution in [-0.4, -0.2) is 18.4 Å². The van der Waals surface area contributed by atoms with Gasteiger partial charge >= 0.3 is 0 Å². The van der Waals surface area contributed by atoms with E-state index in [0.717, 1.165) is 12.1 Å². The van der Waals surface area contributed by atoms with E-state index in [1.54, 1.807) is 24.3 Å². The molecule has 0 aromatic heterocycles. The van der Waals surface area contributed by atoms with Gasteiger partial charge in [-0.25, -0.2) is 0 Å². The SMILES string of the molecule is CCc1ccc(NC(=O)COc2cccc(NC(C)=O)c2)cc1. The minimum atomic E-state index is -0.237. The topological polar surface area (TPSA) is 67.4 Å². The molecule has 0 unspecified atom stereocenters. The largest absolute Gasteiger partial charge is 0.484 e. The molecule has 2 rings (SSSR count). The van der Waals surface area contributed by atoms with Crippen molar-refractivity contribution in [1.29, 1.82) is 0 Å². The summed E-state index contributed by atoms with van der Waals surface area (Å²) >= 11 is 0. The Bertz CT molecular complexity index is 681. The van der Waals surface area contributed by atoms with E-state index >= 15 is 0 Å². The van der Waals surface area contributed by atoms with Gasteiger partial charge in [0.2, 0.25) is 5.91 Å². The molecule has 0 saturated heterocycles. The quantitative estimate of drug-likeness (QED) is 0.860. The Morgan fingerprint density at radius 1 is 1.00 bits per heavy atom. The van der Waals surface area contributed by atoms with E-state index in [-0.39, 0.29) is 18.4 Å². The maximum absolute atomic E-state index is 11.9. The van der Waals surface area contributed by atoms with Crippen LogP contribution >= 0.6 is 0 Å². The van der Waals surface area contributed by atoms with Crippen molar-refractivity contribution in [2.45, 2.75) is 20.3 Å². The molecule has 2 N–H and O–H groups in total. The van der Waals surface area contributed by atoms with Gasteiger partial charge in [0.05, 0.1) is 0 Å². The zero-order valence-corrected chi connectivity index (χ0v) is 13.3. The second-order valence-electron chi connectivity index (χ2n) is 5.10. The summed E-state index contributed by atoms with van der Waals surface area (Å²) in [5.41, 5.74) is 2.59. The van der Waals surface area contributed by atoms with Crippen molar-refractivity contribution in [3.63, 3.8) is 0 Å². The second kappa shape index (κ2) is 7.98. The third-order valence-corrected chi connectivity index (χ3v) is 3.17. The molecule has 0 atom stereocenters. The predicted octanol–water partition coefficient (Wildman–Crippen LogP) is 3.22. The summed E-state index contributed by atoms with van der Waals surface area (Å²) in [6.45, 7) is 3.42. The van der Waals surface area contributed by atoms with Crippen molar-refractivity contribution in [1.82, 2.24) is 0 Å². The van der Waals surface area contributed by atoms with Crippen molar-refractivity contribution in [3.8, 4) is 5.75 Å². The highest BCUT2D eigenvalue weighted by molar-refractivity contribution is 5.92. The van der Waals surface area contributed by atoms with Gasteiger partial charge in [-0.05, 0) is 36.2 Å². The molecule has 0 heterocycles. The van der Waals surface area contributed by atoms with Crippen LogP contribution < -0.4 is 15.4 Å². The van der Waals surface area contributed by atoms with Crippen LogP contribution in [0.4, 0.5) is 11.4 Å². The molecular weight excluding hydrogens is 292 g/mol. The Kier molecular flexibility index (Phi) is 5.74. The lowest BCUT2D eigenvalue weighted by atomic mass is 10.1. The predicted molar refractivity (Wildman–Crippen MR) is 90.7 cm³/mol. The fourth-order valence-corrected chi connectivity index (χ4v) is 2.04. The zero-order valence-electron chi connectivity index (χ0n) is 13.3. The lowest BCUT2D eigenvalue weighted by molar-refractivity contribution is -0.118. The van der Waals surface area contributed by atoms with Crippen molar-refractivity contribution >= 4 is 23.2 Å². The van der Waals surface area contributed by atoms with Gasteiger partial charge in [0, 0.05) is 24.4 Å². The van der Waals surface area contributed by atoms with Gasteiger partial charge in [-0.2, -0.15) is 0 Å². The van der Waals surface area contributed by atoms with E-state index in [1.165, 1.54) is 12.5 Å². The molecule has 0 aliphatic rings. The molecule has 5 heteroatoms. The number of hydrogen-bond donors (Lipinski definition) is 2. The van der Waals surface area contributed by atoms with Gasteiger partial charge in [-0.15, -0.1) is 0 Å². The molecule has 2 aromatic rings. The van der Waals surface area contributed by atoms with Crippen molar-refractivity contribution in [2.75, 3.05) is 17.2 Å². The van der Waals surface area contributed by atoms with Crippen LogP contribution in [0.1, 0.15) is 19.4 Å². The fourth-order valence-electron chi connectivity index (χ4n) is 2.04. The molecule has 0 spiro atoms. The van der Waals surface area contributed by atoms with Crippen LogP contribution in [0.5, 0.6) is 5.75 Å². The maximum atomic E-state index is 11.9. The molecule has 0 bridgehead atoms. The summed E-state index contributed by atoms with van der Waals surface area (Å²) in [5.74, 6) is 0.127. The maximum Gasteiger partial charge on any atom is 0.262 e. The zero-order chi connectivity index (χ0) is 16.7. The second-order valence-corrected chi connectivity index (χ2v) is 5.10. The summed E-state index contributed by atoms with van der Waals surface area (Å²) < 4.78 is 5.44. The Morgan fingerprint density at radius 3 is 2.39 bits per heavy atom. The molecule has 0 saturated carbocycles. The summed E-state index contributed by atoms with van der Waals surface area (Å²) in [7, 11) is 0. The Labute approximate surface area is 135 Å². The van der Waals surface area contributed by atoms with Crippen LogP contribution in [0.2, 0.25) is 0 Å². The molecule has 120 valence electrons. The average Bonchev–Trinajstić information content (AvgIpc) is 2.53. The number of carbonyl (C=O) groups is 2. The van der Waals surface area contributed by atoms with Gasteiger partial charge in [0.25, 0.3) is 5.91 Å². The van der Waals surface area contributed by atoms with Gasteiger partial charge in [-0.1, -0.05) is 25.1 Å². The number of nitrogens with one attached hydrogen (secondary N) is 2. The van der Waals surface area contributed by atoms with E-state index < -0.39 is 0 Å². The standard InChI is InChI=1S/C18H20N2O3/c1-3-14-7-9-15(10-8-14)20-18(22)12-23-17-6-4-5-16(11-17)19-13(2)21/h4-11H,3,12H2,1-2H3,(H,19,21)(H,20,22). The Balaban J connectivity index is 1.87. The van der Waals surface area contributed by atoms with Crippen LogP contribution in [0, 0.1) is 0 Å². The molecule has 2 aromatic carbocycles. The third-order valence-electron chi connectivity index (χ3n) is 3.17. The normalized spacial score (nSPS) is 10.0. The van der Waals surface area contributed by atoms with Crippen LogP contribution in [-0.2, 0) is 16.0 Å². The third kappa shape index (κ3) is 5.47. The molecule has 0 radical (unpaired) electrons. The first-order valence-corrected chi connectivity index (χ1v) is 7.46. The van der Waals surface area contributed by atoms with E-state index in [1.807, 2.05) is 24.3 Å². The molecule has 0 aliphatic heterocycles. The highest BCUT2D eigenvalue weighted by Gasteiger charge is 2.05. The summed E-state index contributed by atoms with van der Waals surface area (Å²) in [6.07, 6.45) is 0.960. The van der Waals surface area contributed by atoms with Crippen molar-refractivity contribution in [2.24, 2.45) is 0 Å². The number of ether oxygens (including phenoxy) is 1. The number of amides is 2. The first-order chi connectivity index (χ1) is 11.1. The number of benzene rings is 2. The lowest BCUT2D eigenvalue weighted by Crippen LogP contribution is -2.20. The van der Waals surface area contributed by atoms with Gasteiger partial charge in [0.1, 0.15) is 5.75 Å². The van der Waals surface area contributed by atoms with Gasteiger partial charge in [-0.3, -0.25) is 9.59 Å². The number of rotatable bonds is 6. The smallest absolute Gasteiger partial charge is 0.262 e. The number of aryl methyl sites for hydroxylation is 1. The molecule has 2 amide bonds. The Morgan fingerprint density at radius 2 is 1.74 bits per heavy atom. The first kappa shape index (κ1) is 16.5. The van der Waals surface area contributed by atoms with Crippen molar-refractivity contribution in [3.05, 3.63) is 54.1 Å². The van der Waals surface area contributed by atoms with Gasteiger partial charge in [0.15, 0.2) is 6.61 Å². The van der Waals surface area contributed by atoms with Crippen LogP contribution in [0.15, 0.2) is 48.5 Å². The van der Waals surface area contributed by atoms with Crippen LogP contribution in [0.25, 0.3) is 0 Å².